The van der Waals surface area contributed by atoms with E-state index in [9.17, 15) is 4.79 Å². The predicted octanol–water partition coefficient (Wildman–Crippen LogP) is -0.111. The van der Waals surface area contributed by atoms with Crippen LogP contribution in [0.25, 0.3) is 0 Å². The molecule has 0 fully saturated rings. The molecule has 0 spiro atoms. The summed E-state index contributed by atoms with van der Waals surface area (Å²) in [4.78, 5) is 11.4. The number of carbonyl (C=O) groups is 1. The molecule has 1 amide bonds. The van der Waals surface area contributed by atoms with E-state index in [0.717, 1.165) is 0 Å². The van der Waals surface area contributed by atoms with Crippen molar-refractivity contribution >= 4 is 5.91 Å². The van der Waals surface area contributed by atoms with Gasteiger partial charge in [-0.25, -0.2) is 0 Å². The van der Waals surface area contributed by atoms with E-state index in [-0.39, 0.29) is 11.6 Å². The van der Waals surface area contributed by atoms with E-state index in [1.54, 1.807) is 13.0 Å². The summed E-state index contributed by atoms with van der Waals surface area (Å²) in [5.74, 6) is -0.411. The quantitative estimate of drug-likeness (QED) is 0.437. The van der Waals surface area contributed by atoms with Crippen molar-refractivity contribution in [1.82, 2.24) is 10.6 Å². The Labute approximate surface area is 89.8 Å². The van der Waals surface area contributed by atoms with Gasteiger partial charge in [0.25, 0.3) is 5.91 Å². The molecule has 1 unspecified atom stereocenters. The molecule has 84 valence electrons. The largest absolute Gasteiger partial charge is 0.392 e. The van der Waals surface area contributed by atoms with Crippen LogP contribution in [0.2, 0.25) is 0 Å². The molecule has 0 saturated carbocycles. The molecule has 0 aromatic rings. The number of aliphatic hydroxyl groups excluding tert-OH is 1. The number of amides is 1. The number of nitrogens with zero attached hydrogens (tertiary/aromatic N) is 1. The highest BCUT2D eigenvalue weighted by atomic mass is 16.3. The fourth-order valence-electron chi connectivity index (χ4n) is 0.820. The smallest absolute Gasteiger partial charge is 0.263 e. The van der Waals surface area contributed by atoms with Crippen LogP contribution < -0.4 is 10.6 Å². The number of carbonyl (C=O) groups excluding carboxylic acids is 1. The Hall–Kier alpha value is -1.54. The highest BCUT2D eigenvalue weighted by Crippen LogP contribution is 1.92. The van der Waals surface area contributed by atoms with Crippen molar-refractivity contribution < 1.29 is 9.90 Å². The summed E-state index contributed by atoms with van der Waals surface area (Å²) in [5, 5.41) is 22.9. The van der Waals surface area contributed by atoms with Gasteiger partial charge in [0.2, 0.25) is 0 Å². The zero-order chi connectivity index (χ0) is 11.8. The SMILES string of the molecule is CC(O)CN/C=C(/C#N)C(=O)NC(C)C. The minimum absolute atomic E-state index is 0.00403. The summed E-state index contributed by atoms with van der Waals surface area (Å²) in [6.45, 7) is 5.55. The second-order valence-corrected chi connectivity index (χ2v) is 3.56. The van der Waals surface area contributed by atoms with E-state index >= 15 is 0 Å². The molecule has 0 saturated heterocycles. The Balaban J connectivity index is 4.24. The number of rotatable bonds is 5. The Morgan fingerprint density at radius 2 is 2.13 bits per heavy atom. The van der Waals surface area contributed by atoms with Crippen molar-refractivity contribution in [2.45, 2.75) is 32.9 Å². The van der Waals surface area contributed by atoms with Crippen LogP contribution in [0, 0.1) is 11.3 Å². The maximum atomic E-state index is 11.4. The molecule has 0 rings (SSSR count). The van der Waals surface area contributed by atoms with E-state index in [1.165, 1.54) is 6.20 Å². The molecule has 0 bridgehead atoms. The van der Waals surface area contributed by atoms with Crippen LogP contribution in [-0.4, -0.2) is 29.7 Å². The zero-order valence-electron chi connectivity index (χ0n) is 9.24. The van der Waals surface area contributed by atoms with Gasteiger partial charge in [-0.05, 0) is 20.8 Å². The van der Waals surface area contributed by atoms with Crippen LogP contribution in [0.3, 0.4) is 0 Å². The molecular weight excluding hydrogens is 194 g/mol. The summed E-state index contributed by atoms with van der Waals surface area (Å²) in [6, 6.07) is 1.78. The average molecular weight is 211 g/mol. The maximum Gasteiger partial charge on any atom is 0.263 e. The number of nitriles is 1. The Kier molecular flexibility index (Phi) is 6.14. The van der Waals surface area contributed by atoms with E-state index in [1.807, 2.05) is 13.8 Å². The number of hydrogen-bond acceptors (Lipinski definition) is 4. The Bertz CT molecular complexity index is 277. The first-order valence-corrected chi connectivity index (χ1v) is 4.80. The standard InChI is InChI=1S/C10H17N3O2/c1-7(2)13-10(15)9(4-11)6-12-5-8(3)14/h6-8,12,14H,5H2,1-3H3,(H,13,15)/b9-6-. The summed E-state index contributed by atoms with van der Waals surface area (Å²) in [7, 11) is 0. The van der Waals surface area contributed by atoms with Crippen LogP contribution >= 0.6 is 0 Å². The van der Waals surface area contributed by atoms with E-state index in [4.69, 9.17) is 10.4 Å². The van der Waals surface area contributed by atoms with Crippen molar-refractivity contribution in [3.05, 3.63) is 11.8 Å². The third-order valence-electron chi connectivity index (χ3n) is 1.44. The van der Waals surface area contributed by atoms with Crippen molar-refractivity contribution in [3.63, 3.8) is 0 Å². The van der Waals surface area contributed by atoms with E-state index < -0.39 is 12.0 Å². The molecule has 5 heteroatoms. The number of hydrogen-bond donors (Lipinski definition) is 3. The van der Waals surface area contributed by atoms with Gasteiger partial charge in [-0.1, -0.05) is 0 Å². The third kappa shape index (κ3) is 6.52. The molecule has 0 heterocycles. The zero-order valence-corrected chi connectivity index (χ0v) is 9.24. The molecule has 1 atom stereocenters. The molecular formula is C10H17N3O2. The summed E-state index contributed by atoms with van der Waals surface area (Å²) in [6.07, 6.45) is 0.791. The van der Waals surface area contributed by atoms with Gasteiger partial charge < -0.3 is 15.7 Å². The number of nitrogens with one attached hydrogen (secondary N) is 2. The lowest BCUT2D eigenvalue weighted by atomic mass is 10.2. The van der Waals surface area contributed by atoms with Crippen LogP contribution in [0.15, 0.2) is 11.8 Å². The molecule has 0 aliphatic heterocycles. The minimum atomic E-state index is -0.519. The van der Waals surface area contributed by atoms with Crippen LogP contribution in [0.1, 0.15) is 20.8 Å². The Morgan fingerprint density at radius 3 is 2.53 bits per heavy atom. The van der Waals surface area contributed by atoms with Gasteiger partial charge in [0, 0.05) is 18.8 Å². The lowest BCUT2D eigenvalue weighted by Gasteiger charge is -2.08. The average Bonchev–Trinajstić information content (AvgIpc) is 2.10. The van der Waals surface area contributed by atoms with Crippen molar-refractivity contribution in [3.8, 4) is 6.07 Å². The van der Waals surface area contributed by atoms with Crippen LogP contribution in [-0.2, 0) is 4.79 Å². The van der Waals surface area contributed by atoms with Gasteiger partial charge >= 0.3 is 0 Å². The predicted molar refractivity (Wildman–Crippen MR) is 56.7 cm³/mol. The monoisotopic (exact) mass is 211 g/mol. The molecule has 0 aliphatic carbocycles. The second-order valence-electron chi connectivity index (χ2n) is 3.56. The first-order valence-electron chi connectivity index (χ1n) is 4.80. The number of aliphatic hydroxyl groups is 1. The fraction of sp³-hybridized carbons (Fsp3) is 0.600. The van der Waals surface area contributed by atoms with Crippen LogP contribution in [0.4, 0.5) is 0 Å². The molecule has 0 aromatic carbocycles. The minimum Gasteiger partial charge on any atom is -0.392 e. The summed E-state index contributed by atoms with van der Waals surface area (Å²) >= 11 is 0. The first kappa shape index (κ1) is 13.5. The second kappa shape index (κ2) is 6.85. The van der Waals surface area contributed by atoms with Gasteiger partial charge in [-0.3, -0.25) is 4.79 Å². The molecule has 5 nitrogen and oxygen atoms in total. The lowest BCUT2D eigenvalue weighted by Crippen LogP contribution is -2.32. The summed E-state index contributed by atoms with van der Waals surface area (Å²) < 4.78 is 0. The lowest BCUT2D eigenvalue weighted by molar-refractivity contribution is -0.117. The van der Waals surface area contributed by atoms with Crippen molar-refractivity contribution in [2.75, 3.05) is 6.54 Å². The van der Waals surface area contributed by atoms with Crippen molar-refractivity contribution in [2.24, 2.45) is 0 Å². The molecule has 15 heavy (non-hydrogen) atoms. The Morgan fingerprint density at radius 1 is 1.53 bits per heavy atom. The molecule has 0 aliphatic rings. The van der Waals surface area contributed by atoms with Crippen molar-refractivity contribution in [1.29, 1.82) is 5.26 Å². The summed E-state index contributed by atoms with van der Waals surface area (Å²) in [5.41, 5.74) is 0.00403. The molecule has 0 radical (unpaired) electrons. The highest BCUT2D eigenvalue weighted by Gasteiger charge is 2.09. The topological polar surface area (TPSA) is 85.2 Å². The third-order valence-corrected chi connectivity index (χ3v) is 1.44. The van der Waals surface area contributed by atoms with Gasteiger partial charge in [-0.2, -0.15) is 5.26 Å². The van der Waals surface area contributed by atoms with E-state index in [0.29, 0.717) is 6.54 Å². The first-order chi connectivity index (χ1) is 6.97. The normalized spacial score (nSPS) is 13.2. The van der Waals surface area contributed by atoms with Gasteiger partial charge in [-0.15, -0.1) is 0 Å². The molecule has 3 N–H and O–H groups in total. The van der Waals surface area contributed by atoms with Gasteiger partial charge in [0.1, 0.15) is 11.6 Å². The fourth-order valence-corrected chi connectivity index (χ4v) is 0.820. The highest BCUT2D eigenvalue weighted by molar-refractivity contribution is 5.97. The molecule has 0 aromatic heterocycles. The van der Waals surface area contributed by atoms with Gasteiger partial charge in [0.05, 0.1) is 6.10 Å². The van der Waals surface area contributed by atoms with E-state index in [2.05, 4.69) is 10.6 Å². The van der Waals surface area contributed by atoms with Crippen LogP contribution in [0.5, 0.6) is 0 Å². The van der Waals surface area contributed by atoms with Gasteiger partial charge in [0.15, 0.2) is 0 Å². The maximum absolute atomic E-state index is 11.4.